The van der Waals surface area contributed by atoms with Crippen molar-refractivity contribution in [2.45, 2.75) is 52.5 Å². The molecule has 0 radical (unpaired) electrons. The van der Waals surface area contributed by atoms with Crippen molar-refractivity contribution < 1.29 is 4.39 Å². The summed E-state index contributed by atoms with van der Waals surface area (Å²) < 4.78 is 13.6. The third kappa shape index (κ3) is 6.95. The second-order valence-electron chi connectivity index (χ2n) is 9.02. The normalized spacial score (nSPS) is 17.8. The van der Waals surface area contributed by atoms with Crippen molar-refractivity contribution in [1.82, 2.24) is 20.6 Å². The first-order valence-corrected chi connectivity index (χ1v) is 12.9. The molecule has 0 aliphatic carbocycles. The molecule has 0 spiro atoms. The van der Waals surface area contributed by atoms with Crippen LogP contribution in [0.2, 0.25) is 0 Å². The van der Waals surface area contributed by atoms with Gasteiger partial charge in [0.05, 0.1) is 6.04 Å². The number of allylic oxidation sites excluding steroid dienone is 2. The van der Waals surface area contributed by atoms with Gasteiger partial charge in [0, 0.05) is 35.6 Å². The highest BCUT2D eigenvalue weighted by molar-refractivity contribution is 7.15. The number of benzene rings is 1. The number of halogens is 1. The predicted molar refractivity (Wildman–Crippen MR) is 147 cm³/mol. The maximum atomic E-state index is 13.6. The van der Waals surface area contributed by atoms with Gasteiger partial charge in [0.25, 0.3) is 0 Å². The molecule has 2 N–H and O–H groups in total. The smallest absolute Gasteiger partial charge is 0.212 e. The van der Waals surface area contributed by atoms with E-state index in [-0.39, 0.29) is 11.9 Å². The van der Waals surface area contributed by atoms with Crippen molar-refractivity contribution in [3.05, 3.63) is 94.2 Å². The second kappa shape index (κ2) is 11.9. The van der Waals surface area contributed by atoms with Crippen LogP contribution < -0.4 is 10.6 Å². The van der Waals surface area contributed by atoms with Gasteiger partial charge in [-0.15, -0.1) is 0 Å². The number of pyridine rings is 1. The molecule has 0 amide bonds. The Balaban J connectivity index is 1.66. The standard InChI is InChI=1S/C28H31FN6S/c1-18(2)25-17-31-28(36-25)35-27-33-24(10-9-21-6-5-7-23(29)16-21)19(3)8-11-26(34-27)32-20(4)22-12-14-30-15-13-22/h5-7,9-10,12-18,20H,8,11H2,1-4H3,(H2,31,32,33,34,35)/b10-9+,24-19?. The maximum absolute atomic E-state index is 13.6. The van der Waals surface area contributed by atoms with Gasteiger partial charge in [0.1, 0.15) is 11.7 Å². The monoisotopic (exact) mass is 502 g/mol. The fourth-order valence-electron chi connectivity index (χ4n) is 3.67. The summed E-state index contributed by atoms with van der Waals surface area (Å²) in [5.41, 5.74) is 3.95. The Morgan fingerprint density at radius 2 is 1.86 bits per heavy atom. The molecule has 0 saturated carbocycles. The Morgan fingerprint density at radius 3 is 2.58 bits per heavy atom. The Kier molecular flexibility index (Phi) is 8.38. The van der Waals surface area contributed by atoms with Gasteiger partial charge in [-0.1, -0.05) is 43.4 Å². The van der Waals surface area contributed by atoms with Gasteiger partial charge in [-0.3, -0.25) is 9.98 Å². The molecule has 2 aromatic heterocycles. The van der Waals surface area contributed by atoms with Crippen molar-refractivity contribution in [1.29, 1.82) is 0 Å². The zero-order chi connectivity index (χ0) is 25.5. The van der Waals surface area contributed by atoms with Crippen molar-refractivity contribution >= 4 is 34.3 Å². The lowest BCUT2D eigenvalue weighted by molar-refractivity contribution is 0.627. The summed E-state index contributed by atoms with van der Waals surface area (Å²) >= 11 is 1.57. The van der Waals surface area contributed by atoms with Gasteiger partial charge in [-0.05, 0) is 73.2 Å². The first-order chi connectivity index (χ1) is 17.4. The summed E-state index contributed by atoms with van der Waals surface area (Å²) in [5, 5.41) is 7.52. The molecule has 1 unspecified atom stereocenters. The van der Waals surface area contributed by atoms with Crippen LogP contribution in [0.25, 0.3) is 6.08 Å². The zero-order valence-corrected chi connectivity index (χ0v) is 21.8. The third-order valence-electron chi connectivity index (χ3n) is 5.83. The van der Waals surface area contributed by atoms with Crippen LogP contribution in [-0.4, -0.2) is 21.8 Å². The number of aromatic nitrogens is 2. The summed E-state index contributed by atoms with van der Waals surface area (Å²) in [6.45, 7) is 8.44. The van der Waals surface area contributed by atoms with Crippen LogP contribution in [-0.2, 0) is 0 Å². The van der Waals surface area contributed by atoms with Crippen molar-refractivity contribution in [2.75, 3.05) is 0 Å². The van der Waals surface area contributed by atoms with Crippen LogP contribution in [0.15, 0.2) is 82.3 Å². The van der Waals surface area contributed by atoms with E-state index in [1.165, 1.54) is 17.0 Å². The quantitative estimate of drug-likeness (QED) is 0.384. The SMILES string of the molecule is CC1=C(/C=C/c2cccc(F)c2)NC(=Nc2ncc(C(C)C)s2)NC(=NC(C)c2ccncc2)CC1. The Hall–Kier alpha value is -3.65. The molecule has 1 aliphatic heterocycles. The number of guanidine groups is 1. The topological polar surface area (TPSA) is 74.6 Å². The zero-order valence-electron chi connectivity index (χ0n) is 21.0. The number of nitrogens with one attached hydrogen (secondary N) is 2. The molecule has 3 aromatic rings. The molecule has 0 fully saturated rings. The first-order valence-electron chi connectivity index (χ1n) is 12.1. The molecule has 3 heterocycles. The molecular weight excluding hydrogens is 471 g/mol. The number of hydrogen-bond acceptors (Lipinski definition) is 5. The van der Waals surface area contributed by atoms with E-state index in [0.717, 1.165) is 41.1 Å². The van der Waals surface area contributed by atoms with E-state index < -0.39 is 0 Å². The highest BCUT2D eigenvalue weighted by Crippen LogP contribution is 2.27. The van der Waals surface area contributed by atoms with E-state index in [4.69, 9.17) is 9.98 Å². The summed E-state index contributed by atoms with van der Waals surface area (Å²) in [7, 11) is 0. The summed E-state index contributed by atoms with van der Waals surface area (Å²) in [6, 6.07) is 10.5. The fourth-order valence-corrected chi connectivity index (χ4v) is 4.47. The van der Waals surface area contributed by atoms with Gasteiger partial charge < -0.3 is 10.6 Å². The molecule has 1 aromatic carbocycles. The minimum absolute atomic E-state index is 0.0276. The average molecular weight is 503 g/mol. The molecule has 6 nitrogen and oxygen atoms in total. The Labute approximate surface area is 215 Å². The summed E-state index contributed by atoms with van der Waals surface area (Å²) in [6.07, 6.45) is 10.8. The van der Waals surface area contributed by atoms with E-state index in [1.807, 2.05) is 36.5 Å². The second-order valence-corrected chi connectivity index (χ2v) is 10.1. The van der Waals surface area contributed by atoms with E-state index in [1.54, 1.807) is 29.8 Å². The molecule has 4 rings (SSSR count). The number of nitrogens with zero attached hydrogens (tertiary/aromatic N) is 4. The number of amidine groups is 1. The molecule has 0 saturated heterocycles. The van der Waals surface area contributed by atoms with Crippen LogP contribution in [0.3, 0.4) is 0 Å². The van der Waals surface area contributed by atoms with Crippen LogP contribution in [0.1, 0.15) is 68.5 Å². The highest BCUT2D eigenvalue weighted by atomic mass is 32.1. The lowest BCUT2D eigenvalue weighted by Gasteiger charge is -2.21. The Morgan fingerprint density at radius 1 is 1.06 bits per heavy atom. The largest absolute Gasteiger partial charge is 0.326 e. The van der Waals surface area contributed by atoms with Gasteiger partial charge in [0.15, 0.2) is 0 Å². The molecule has 1 aliphatic rings. The highest BCUT2D eigenvalue weighted by Gasteiger charge is 2.16. The maximum Gasteiger partial charge on any atom is 0.212 e. The lowest BCUT2D eigenvalue weighted by atomic mass is 10.1. The van der Waals surface area contributed by atoms with E-state index in [0.29, 0.717) is 17.0 Å². The number of thiazole rings is 1. The van der Waals surface area contributed by atoms with Gasteiger partial charge in [-0.2, -0.15) is 4.99 Å². The predicted octanol–water partition coefficient (Wildman–Crippen LogP) is 6.91. The molecule has 8 heteroatoms. The van der Waals surface area contributed by atoms with Crippen LogP contribution in [0, 0.1) is 5.82 Å². The number of hydrogen-bond donors (Lipinski definition) is 2. The molecule has 1 atom stereocenters. The fraction of sp³-hybridized carbons (Fsp3) is 0.286. The van der Waals surface area contributed by atoms with Crippen LogP contribution >= 0.6 is 11.3 Å². The number of aliphatic imine (C=N–C) groups is 2. The van der Waals surface area contributed by atoms with Gasteiger partial charge >= 0.3 is 0 Å². The minimum atomic E-state index is -0.258. The van der Waals surface area contributed by atoms with E-state index in [9.17, 15) is 4.39 Å². The first kappa shape index (κ1) is 25.4. The van der Waals surface area contributed by atoms with Crippen molar-refractivity contribution in [3.63, 3.8) is 0 Å². The van der Waals surface area contributed by atoms with Gasteiger partial charge in [-0.25, -0.2) is 9.37 Å². The molecular formula is C28H31FN6S. The van der Waals surface area contributed by atoms with E-state index >= 15 is 0 Å². The van der Waals surface area contributed by atoms with Crippen molar-refractivity contribution in [2.24, 2.45) is 9.98 Å². The Bertz CT molecular complexity index is 1310. The van der Waals surface area contributed by atoms with Crippen LogP contribution in [0.5, 0.6) is 0 Å². The third-order valence-corrected chi connectivity index (χ3v) is 7.02. The molecule has 0 bridgehead atoms. The lowest BCUT2D eigenvalue weighted by Crippen LogP contribution is -2.42. The average Bonchev–Trinajstić information content (AvgIpc) is 3.33. The summed E-state index contributed by atoms with van der Waals surface area (Å²) in [5.74, 6) is 1.53. The van der Waals surface area contributed by atoms with Crippen LogP contribution in [0.4, 0.5) is 9.52 Å². The number of rotatable bonds is 6. The minimum Gasteiger partial charge on any atom is -0.326 e. The van der Waals surface area contributed by atoms with Gasteiger partial charge in [0.2, 0.25) is 11.1 Å². The van der Waals surface area contributed by atoms with Crippen molar-refractivity contribution in [3.8, 4) is 0 Å². The summed E-state index contributed by atoms with van der Waals surface area (Å²) in [4.78, 5) is 19.5. The molecule has 36 heavy (non-hydrogen) atoms. The van der Waals surface area contributed by atoms with E-state index in [2.05, 4.69) is 48.3 Å². The molecule has 186 valence electrons.